The van der Waals surface area contributed by atoms with Crippen molar-refractivity contribution in [2.24, 2.45) is 17.1 Å². The van der Waals surface area contributed by atoms with Gasteiger partial charge in [0.05, 0.1) is 23.4 Å². The maximum Gasteiger partial charge on any atom is 0.238 e. The van der Waals surface area contributed by atoms with Crippen molar-refractivity contribution >= 4 is 11.6 Å². The molecule has 0 bridgehead atoms. The summed E-state index contributed by atoms with van der Waals surface area (Å²) >= 11 is 0. The van der Waals surface area contributed by atoms with E-state index in [0.717, 1.165) is 12.8 Å². The molecule has 2 atom stereocenters. The molecule has 1 aliphatic heterocycles. The van der Waals surface area contributed by atoms with Crippen LogP contribution in [0.25, 0.3) is 0 Å². The van der Waals surface area contributed by atoms with E-state index in [1.54, 1.807) is 31.2 Å². The second-order valence-corrected chi connectivity index (χ2v) is 7.14. The summed E-state index contributed by atoms with van der Waals surface area (Å²) in [6, 6.07) is 13.2. The minimum absolute atomic E-state index is 0.124. The number of rotatable bonds is 0. The standard InChI is InChI=1S/C20H15N5O.C2H6O/c21-9-13-12-5-1-2-6-14(12)20(19(10-22,11-23)17(13)24)15-7-3-4-8-16(15)25-18(20)26;1-2-3/h3-5,7-8,14H,1-2,6,24H2,(H,25,26);3H,2H2,1H3. The molecule has 146 valence electrons. The molecule has 29 heavy (non-hydrogen) atoms. The summed E-state index contributed by atoms with van der Waals surface area (Å²) in [6.45, 7) is 1.93. The largest absolute Gasteiger partial charge is 0.399 e. The van der Waals surface area contributed by atoms with E-state index in [4.69, 9.17) is 10.8 Å². The number of allylic oxidation sites excluding steroid dienone is 4. The van der Waals surface area contributed by atoms with Gasteiger partial charge >= 0.3 is 0 Å². The number of hydrogen-bond acceptors (Lipinski definition) is 6. The number of benzene rings is 1. The first kappa shape index (κ1) is 20.1. The highest BCUT2D eigenvalue weighted by Crippen LogP contribution is 2.63. The molecule has 1 aromatic carbocycles. The molecule has 0 saturated carbocycles. The van der Waals surface area contributed by atoms with Crippen molar-refractivity contribution in [3.8, 4) is 18.2 Å². The summed E-state index contributed by atoms with van der Waals surface area (Å²) in [5.41, 5.74) is 4.79. The third kappa shape index (κ3) is 2.40. The van der Waals surface area contributed by atoms with Crippen LogP contribution in [-0.4, -0.2) is 17.6 Å². The summed E-state index contributed by atoms with van der Waals surface area (Å²) in [7, 11) is 0. The highest BCUT2D eigenvalue weighted by molar-refractivity contribution is 6.09. The van der Waals surface area contributed by atoms with Gasteiger partial charge in [0.2, 0.25) is 11.3 Å². The number of nitrogens with one attached hydrogen (secondary N) is 1. The molecule has 1 spiro atoms. The van der Waals surface area contributed by atoms with Gasteiger partial charge in [0, 0.05) is 18.2 Å². The first-order chi connectivity index (χ1) is 14.0. The minimum atomic E-state index is -1.94. The highest BCUT2D eigenvalue weighted by Gasteiger charge is 2.70. The van der Waals surface area contributed by atoms with E-state index < -0.39 is 22.7 Å². The molecule has 0 radical (unpaired) electrons. The zero-order valence-electron chi connectivity index (χ0n) is 16.1. The molecule has 4 N–H and O–H groups in total. The summed E-state index contributed by atoms with van der Waals surface area (Å²) in [6.07, 6.45) is 4.12. The summed E-state index contributed by atoms with van der Waals surface area (Å²) in [5, 5.41) is 40.3. The van der Waals surface area contributed by atoms with E-state index in [9.17, 15) is 20.6 Å². The lowest BCUT2D eigenvalue weighted by atomic mass is 9.47. The van der Waals surface area contributed by atoms with Crippen molar-refractivity contribution in [2.75, 3.05) is 11.9 Å². The Balaban J connectivity index is 0.000000755. The monoisotopic (exact) mass is 387 g/mol. The number of para-hydroxylation sites is 1. The number of nitriles is 3. The van der Waals surface area contributed by atoms with Gasteiger partial charge in [-0.3, -0.25) is 4.79 Å². The van der Waals surface area contributed by atoms with Gasteiger partial charge in [-0.2, -0.15) is 15.8 Å². The van der Waals surface area contributed by atoms with E-state index in [0.29, 0.717) is 23.2 Å². The van der Waals surface area contributed by atoms with Crippen LogP contribution in [0.5, 0.6) is 0 Å². The second kappa shape index (κ2) is 7.43. The SMILES string of the molecule is CCO.N#CC1=C(N)C(C#N)(C#N)C2(C(=O)Nc3ccccc32)C2CCCC=C12. The molecule has 1 heterocycles. The Morgan fingerprint density at radius 3 is 2.55 bits per heavy atom. The van der Waals surface area contributed by atoms with Crippen LogP contribution >= 0.6 is 0 Å². The van der Waals surface area contributed by atoms with Gasteiger partial charge in [-0.25, -0.2) is 0 Å². The highest BCUT2D eigenvalue weighted by atomic mass is 16.2. The van der Waals surface area contributed by atoms with E-state index in [1.165, 1.54) is 0 Å². The van der Waals surface area contributed by atoms with Crippen LogP contribution in [0.2, 0.25) is 0 Å². The summed E-state index contributed by atoms with van der Waals surface area (Å²) < 4.78 is 0. The first-order valence-corrected chi connectivity index (χ1v) is 9.45. The van der Waals surface area contributed by atoms with Crippen molar-refractivity contribution in [2.45, 2.75) is 31.6 Å². The zero-order chi connectivity index (χ0) is 21.2. The number of carbonyl (C=O) groups excluding carboxylic acids is 1. The molecular formula is C22H21N5O2. The van der Waals surface area contributed by atoms with Crippen molar-refractivity contribution in [1.29, 1.82) is 15.8 Å². The summed E-state index contributed by atoms with van der Waals surface area (Å²) in [5.74, 6) is -0.847. The molecule has 1 amide bonds. The van der Waals surface area contributed by atoms with E-state index >= 15 is 0 Å². The van der Waals surface area contributed by atoms with Crippen LogP contribution in [0.15, 0.2) is 47.2 Å². The number of nitrogens with zero attached hydrogens (tertiary/aromatic N) is 3. The average molecular weight is 387 g/mol. The Hall–Kier alpha value is -3.60. The van der Waals surface area contributed by atoms with Crippen LogP contribution < -0.4 is 11.1 Å². The number of anilines is 1. The lowest BCUT2D eigenvalue weighted by Crippen LogP contribution is -2.60. The molecule has 3 aliphatic rings. The molecule has 7 heteroatoms. The number of aliphatic hydroxyl groups is 1. The normalized spacial score (nSPS) is 25.8. The third-order valence-electron chi connectivity index (χ3n) is 5.92. The van der Waals surface area contributed by atoms with Crippen LogP contribution in [0.1, 0.15) is 31.7 Å². The number of nitrogens with two attached hydrogens (primary N) is 1. The van der Waals surface area contributed by atoms with Crippen molar-refractivity contribution in [3.63, 3.8) is 0 Å². The van der Waals surface area contributed by atoms with Gasteiger partial charge in [-0.05, 0) is 43.4 Å². The molecule has 7 nitrogen and oxygen atoms in total. The predicted octanol–water partition coefficient (Wildman–Crippen LogP) is 2.39. The van der Waals surface area contributed by atoms with Crippen LogP contribution in [-0.2, 0) is 10.2 Å². The predicted molar refractivity (Wildman–Crippen MR) is 105 cm³/mol. The smallest absolute Gasteiger partial charge is 0.238 e. The Bertz CT molecular complexity index is 1040. The van der Waals surface area contributed by atoms with Crippen molar-refractivity contribution in [3.05, 3.63) is 52.7 Å². The average Bonchev–Trinajstić information content (AvgIpc) is 3.03. The number of hydrogen-bond donors (Lipinski definition) is 3. The number of carbonyl (C=O) groups is 1. The molecular weight excluding hydrogens is 366 g/mol. The quantitative estimate of drug-likeness (QED) is 0.623. The van der Waals surface area contributed by atoms with E-state index in [1.807, 2.05) is 18.2 Å². The van der Waals surface area contributed by atoms with Gasteiger partial charge in [-0.1, -0.05) is 24.3 Å². The Labute approximate surface area is 169 Å². The molecule has 0 aromatic heterocycles. The van der Waals surface area contributed by atoms with Crippen molar-refractivity contribution < 1.29 is 9.90 Å². The van der Waals surface area contributed by atoms with Crippen LogP contribution in [0.3, 0.4) is 0 Å². The molecule has 2 unspecified atom stereocenters. The van der Waals surface area contributed by atoms with Gasteiger partial charge < -0.3 is 16.2 Å². The number of fused-ring (bicyclic) bond motifs is 4. The fraction of sp³-hybridized carbons (Fsp3) is 0.364. The van der Waals surface area contributed by atoms with Crippen LogP contribution in [0.4, 0.5) is 5.69 Å². The molecule has 0 saturated heterocycles. The fourth-order valence-electron chi connectivity index (χ4n) is 4.86. The second-order valence-electron chi connectivity index (χ2n) is 7.14. The Morgan fingerprint density at radius 2 is 1.93 bits per heavy atom. The third-order valence-corrected chi connectivity index (χ3v) is 5.92. The van der Waals surface area contributed by atoms with Gasteiger partial charge in [0.1, 0.15) is 11.5 Å². The number of aliphatic hydroxyl groups excluding tert-OH is 1. The molecule has 1 aromatic rings. The minimum Gasteiger partial charge on any atom is -0.399 e. The lowest BCUT2D eigenvalue weighted by Gasteiger charge is -2.49. The zero-order valence-corrected chi connectivity index (χ0v) is 16.1. The Morgan fingerprint density at radius 1 is 1.28 bits per heavy atom. The molecule has 2 aliphatic carbocycles. The summed E-state index contributed by atoms with van der Waals surface area (Å²) in [4.78, 5) is 13.3. The van der Waals surface area contributed by atoms with E-state index in [-0.39, 0.29) is 17.9 Å². The van der Waals surface area contributed by atoms with Gasteiger partial charge in [-0.15, -0.1) is 0 Å². The fourth-order valence-corrected chi connectivity index (χ4v) is 4.86. The van der Waals surface area contributed by atoms with Crippen molar-refractivity contribution in [1.82, 2.24) is 0 Å². The topological polar surface area (TPSA) is 147 Å². The maximum absolute atomic E-state index is 13.3. The Kier molecular flexibility index (Phi) is 5.16. The van der Waals surface area contributed by atoms with Gasteiger partial charge in [0.15, 0.2) is 0 Å². The van der Waals surface area contributed by atoms with Gasteiger partial charge in [0.25, 0.3) is 0 Å². The molecule has 0 fully saturated rings. The van der Waals surface area contributed by atoms with Crippen LogP contribution in [0, 0.1) is 45.3 Å². The molecule has 4 rings (SSSR count). The number of amides is 1. The first-order valence-electron chi connectivity index (χ1n) is 9.45. The maximum atomic E-state index is 13.3. The lowest BCUT2D eigenvalue weighted by molar-refractivity contribution is -0.125. The van der Waals surface area contributed by atoms with E-state index in [2.05, 4.69) is 11.4 Å².